The predicted molar refractivity (Wildman–Crippen MR) is 78.6 cm³/mol. The Balaban J connectivity index is 2.27. The minimum atomic E-state index is -0.766. The molecule has 0 aliphatic carbocycles. The third kappa shape index (κ3) is 6.08. The Morgan fingerprint density at radius 3 is 2.70 bits per heavy atom. The first-order valence-corrected chi connectivity index (χ1v) is 7.20. The zero-order valence-corrected chi connectivity index (χ0v) is 12.7. The molecular weight excluding hydrogens is 256 g/mol. The Kier molecular flexibility index (Phi) is 6.05. The molecule has 1 aliphatic rings. The number of carbonyl (C=O) groups excluding carboxylic acids is 1. The van der Waals surface area contributed by atoms with Crippen LogP contribution in [-0.4, -0.2) is 41.6 Å². The van der Waals surface area contributed by atoms with Crippen LogP contribution in [0.1, 0.15) is 46.5 Å². The molecule has 2 N–H and O–H groups in total. The lowest BCUT2D eigenvalue weighted by Gasteiger charge is -2.28. The van der Waals surface area contributed by atoms with Crippen molar-refractivity contribution in [2.45, 2.75) is 46.5 Å². The number of hydrogen-bond donors (Lipinski definition) is 2. The highest BCUT2D eigenvalue weighted by Crippen LogP contribution is 2.26. The number of urea groups is 1. The van der Waals surface area contributed by atoms with E-state index in [2.05, 4.69) is 11.4 Å². The van der Waals surface area contributed by atoms with Crippen LogP contribution in [0.25, 0.3) is 0 Å². The summed E-state index contributed by atoms with van der Waals surface area (Å²) in [5.41, 5.74) is 1.16. The van der Waals surface area contributed by atoms with Crippen LogP contribution in [0.3, 0.4) is 0 Å². The fourth-order valence-corrected chi connectivity index (χ4v) is 2.27. The summed E-state index contributed by atoms with van der Waals surface area (Å²) in [6.45, 7) is 8.17. The Bertz CT molecular complexity index is 389. The Labute approximate surface area is 121 Å². The number of carbonyl (C=O) groups is 2. The molecular formula is C15H26N2O3. The highest BCUT2D eigenvalue weighted by atomic mass is 16.4. The number of nitrogens with one attached hydrogen (secondary N) is 1. The molecule has 114 valence electrons. The van der Waals surface area contributed by atoms with Gasteiger partial charge in [-0.1, -0.05) is 25.5 Å². The number of carboxylic acids is 1. The highest BCUT2D eigenvalue weighted by Gasteiger charge is 2.20. The first-order valence-electron chi connectivity index (χ1n) is 7.20. The van der Waals surface area contributed by atoms with Gasteiger partial charge in [0.25, 0.3) is 0 Å². The van der Waals surface area contributed by atoms with E-state index in [9.17, 15) is 9.59 Å². The molecule has 1 aliphatic heterocycles. The fourth-order valence-electron chi connectivity index (χ4n) is 2.27. The highest BCUT2D eigenvalue weighted by molar-refractivity contribution is 5.74. The molecule has 0 saturated heterocycles. The molecule has 1 rings (SSSR count). The molecule has 0 aromatic carbocycles. The summed E-state index contributed by atoms with van der Waals surface area (Å²) < 4.78 is 0. The molecule has 0 unspecified atom stereocenters. The maximum atomic E-state index is 12.0. The van der Waals surface area contributed by atoms with Crippen molar-refractivity contribution in [3.05, 3.63) is 11.6 Å². The number of amides is 2. The largest absolute Gasteiger partial charge is 0.481 e. The van der Waals surface area contributed by atoms with Crippen molar-refractivity contribution in [3.8, 4) is 0 Å². The van der Waals surface area contributed by atoms with Gasteiger partial charge in [-0.15, -0.1) is 0 Å². The normalized spacial score (nSPS) is 15.8. The standard InChI is InChI=1S/C15H26N2O3/c1-12-5-4-10-17(11-12)14(20)16-9-8-15(2,3)7-6-13(18)19/h5H,4,6-11H2,1-3H3,(H,16,20)(H,18,19). The van der Waals surface area contributed by atoms with Crippen molar-refractivity contribution in [2.75, 3.05) is 19.6 Å². The average Bonchev–Trinajstić information content (AvgIpc) is 2.36. The first-order chi connectivity index (χ1) is 9.30. The summed E-state index contributed by atoms with van der Waals surface area (Å²) in [6, 6.07) is -0.0218. The molecule has 2 amide bonds. The van der Waals surface area contributed by atoms with E-state index in [4.69, 9.17) is 5.11 Å². The van der Waals surface area contributed by atoms with Crippen molar-refractivity contribution in [1.29, 1.82) is 0 Å². The molecule has 5 heteroatoms. The van der Waals surface area contributed by atoms with Gasteiger partial charge in [0.2, 0.25) is 0 Å². The molecule has 0 aromatic rings. The number of hydrogen-bond acceptors (Lipinski definition) is 2. The van der Waals surface area contributed by atoms with Crippen LogP contribution >= 0.6 is 0 Å². The summed E-state index contributed by atoms with van der Waals surface area (Å²) in [7, 11) is 0. The lowest BCUT2D eigenvalue weighted by Crippen LogP contribution is -2.43. The van der Waals surface area contributed by atoms with Crippen LogP contribution in [-0.2, 0) is 4.79 Å². The van der Waals surface area contributed by atoms with Gasteiger partial charge in [-0.2, -0.15) is 0 Å². The van der Waals surface area contributed by atoms with Crippen LogP contribution in [0, 0.1) is 5.41 Å². The van der Waals surface area contributed by atoms with Gasteiger partial charge in [0.1, 0.15) is 0 Å². The molecule has 0 bridgehead atoms. The Hall–Kier alpha value is -1.52. The zero-order valence-electron chi connectivity index (χ0n) is 12.7. The van der Waals surface area contributed by atoms with E-state index >= 15 is 0 Å². The summed E-state index contributed by atoms with van der Waals surface area (Å²) in [5.74, 6) is -0.766. The maximum Gasteiger partial charge on any atom is 0.317 e. The third-order valence-corrected chi connectivity index (χ3v) is 3.71. The number of nitrogens with zero attached hydrogens (tertiary/aromatic N) is 1. The van der Waals surface area contributed by atoms with Crippen LogP contribution < -0.4 is 5.32 Å². The van der Waals surface area contributed by atoms with Gasteiger partial charge in [-0.3, -0.25) is 4.79 Å². The van der Waals surface area contributed by atoms with Gasteiger partial charge in [0.15, 0.2) is 0 Å². The second kappa shape index (κ2) is 7.31. The van der Waals surface area contributed by atoms with Gasteiger partial charge in [-0.05, 0) is 31.6 Å². The quantitative estimate of drug-likeness (QED) is 0.736. The fraction of sp³-hybridized carbons (Fsp3) is 0.733. The molecule has 0 atom stereocenters. The molecule has 0 aromatic heterocycles. The SMILES string of the molecule is CC1=CCCN(C(=O)NCCC(C)(C)CCC(=O)O)C1. The number of aliphatic carboxylic acids is 1. The van der Waals surface area contributed by atoms with Crippen molar-refractivity contribution >= 4 is 12.0 Å². The van der Waals surface area contributed by atoms with Crippen molar-refractivity contribution in [3.63, 3.8) is 0 Å². The second-order valence-electron chi connectivity index (χ2n) is 6.30. The van der Waals surface area contributed by atoms with Crippen molar-refractivity contribution in [2.24, 2.45) is 5.41 Å². The van der Waals surface area contributed by atoms with Gasteiger partial charge >= 0.3 is 12.0 Å². The maximum absolute atomic E-state index is 12.0. The zero-order chi connectivity index (χ0) is 15.2. The molecule has 5 nitrogen and oxygen atoms in total. The average molecular weight is 282 g/mol. The second-order valence-corrected chi connectivity index (χ2v) is 6.30. The lowest BCUT2D eigenvalue weighted by molar-refractivity contribution is -0.137. The van der Waals surface area contributed by atoms with E-state index in [-0.39, 0.29) is 17.9 Å². The molecule has 0 saturated carbocycles. The minimum Gasteiger partial charge on any atom is -0.481 e. The first kappa shape index (κ1) is 16.5. The van der Waals surface area contributed by atoms with E-state index < -0.39 is 5.97 Å². The van der Waals surface area contributed by atoms with Crippen LogP contribution in [0.2, 0.25) is 0 Å². The van der Waals surface area contributed by atoms with Crippen LogP contribution in [0.15, 0.2) is 11.6 Å². The lowest BCUT2D eigenvalue weighted by atomic mass is 9.84. The topological polar surface area (TPSA) is 69.6 Å². The van der Waals surface area contributed by atoms with Crippen molar-refractivity contribution < 1.29 is 14.7 Å². The van der Waals surface area contributed by atoms with Gasteiger partial charge in [0.05, 0.1) is 0 Å². The number of carboxylic acid groups (broad SMARTS) is 1. The van der Waals surface area contributed by atoms with Gasteiger partial charge in [-0.25, -0.2) is 4.79 Å². The van der Waals surface area contributed by atoms with E-state index in [1.54, 1.807) is 0 Å². The monoisotopic (exact) mass is 282 g/mol. The van der Waals surface area contributed by atoms with E-state index in [1.165, 1.54) is 5.57 Å². The Morgan fingerprint density at radius 2 is 2.10 bits per heavy atom. The molecule has 20 heavy (non-hydrogen) atoms. The smallest absolute Gasteiger partial charge is 0.317 e. The molecule has 0 radical (unpaired) electrons. The molecule has 0 spiro atoms. The van der Waals surface area contributed by atoms with Crippen LogP contribution in [0.5, 0.6) is 0 Å². The third-order valence-electron chi connectivity index (χ3n) is 3.71. The summed E-state index contributed by atoms with van der Waals surface area (Å²) in [4.78, 5) is 24.4. The Morgan fingerprint density at radius 1 is 1.40 bits per heavy atom. The van der Waals surface area contributed by atoms with Gasteiger partial charge in [0, 0.05) is 26.1 Å². The molecule has 0 fully saturated rings. The van der Waals surface area contributed by atoms with E-state index in [0.717, 1.165) is 19.4 Å². The van der Waals surface area contributed by atoms with Crippen molar-refractivity contribution in [1.82, 2.24) is 10.2 Å². The summed E-state index contributed by atoms with van der Waals surface area (Å²) in [6.07, 6.45) is 4.68. The molecule has 1 heterocycles. The predicted octanol–water partition coefficient (Wildman–Crippen LogP) is 2.63. The number of rotatable bonds is 6. The minimum absolute atomic E-state index is 0.0218. The van der Waals surface area contributed by atoms with E-state index in [0.29, 0.717) is 19.5 Å². The van der Waals surface area contributed by atoms with Crippen LogP contribution in [0.4, 0.5) is 4.79 Å². The summed E-state index contributed by atoms with van der Waals surface area (Å²) >= 11 is 0. The summed E-state index contributed by atoms with van der Waals surface area (Å²) in [5, 5.41) is 11.6. The van der Waals surface area contributed by atoms with E-state index in [1.807, 2.05) is 25.7 Å². The van der Waals surface area contributed by atoms with Gasteiger partial charge < -0.3 is 15.3 Å².